The summed E-state index contributed by atoms with van der Waals surface area (Å²) in [4.78, 5) is 8.58. The third-order valence-electron chi connectivity index (χ3n) is 3.54. The second kappa shape index (κ2) is 6.26. The van der Waals surface area contributed by atoms with Crippen molar-refractivity contribution in [2.75, 3.05) is 10.6 Å². The number of aromatic nitrogens is 2. The molecule has 1 heterocycles. The van der Waals surface area contributed by atoms with Crippen LogP contribution >= 0.6 is 11.6 Å². The number of benzene rings is 1. The van der Waals surface area contributed by atoms with Gasteiger partial charge in [-0.3, -0.25) is 0 Å². The lowest BCUT2D eigenvalue weighted by Gasteiger charge is -2.13. The van der Waals surface area contributed by atoms with Gasteiger partial charge in [0.05, 0.1) is 5.02 Å². The Morgan fingerprint density at radius 1 is 1.19 bits per heavy atom. The van der Waals surface area contributed by atoms with E-state index in [0.29, 0.717) is 17.7 Å². The van der Waals surface area contributed by atoms with E-state index in [-0.39, 0.29) is 5.02 Å². The van der Waals surface area contributed by atoms with Gasteiger partial charge in [0.25, 0.3) is 0 Å². The summed E-state index contributed by atoms with van der Waals surface area (Å²) in [6.45, 7) is 0. The highest BCUT2D eigenvalue weighted by Crippen LogP contribution is 2.23. The molecule has 0 atom stereocenters. The third kappa shape index (κ3) is 3.61. The SMILES string of the molecule is Fc1ccc(Nc2nccc(NC3CCCC3)n2)cc1Cl. The molecule has 21 heavy (non-hydrogen) atoms. The van der Waals surface area contributed by atoms with Gasteiger partial charge in [-0.15, -0.1) is 0 Å². The fourth-order valence-corrected chi connectivity index (χ4v) is 2.66. The largest absolute Gasteiger partial charge is 0.367 e. The monoisotopic (exact) mass is 306 g/mol. The number of anilines is 3. The van der Waals surface area contributed by atoms with Crippen molar-refractivity contribution in [3.05, 3.63) is 41.3 Å². The second-order valence-corrected chi connectivity index (χ2v) is 5.55. The van der Waals surface area contributed by atoms with E-state index in [1.807, 2.05) is 6.07 Å². The number of nitrogens with one attached hydrogen (secondary N) is 2. The number of halogens is 2. The molecule has 0 radical (unpaired) electrons. The molecule has 2 N–H and O–H groups in total. The molecule has 4 nitrogen and oxygen atoms in total. The molecular weight excluding hydrogens is 291 g/mol. The van der Waals surface area contributed by atoms with E-state index in [9.17, 15) is 4.39 Å². The maximum atomic E-state index is 13.1. The third-order valence-corrected chi connectivity index (χ3v) is 3.83. The lowest BCUT2D eigenvalue weighted by atomic mass is 10.2. The van der Waals surface area contributed by atoms with Gasteiger partial charge < -0.3 is 10.6 Å². The standard InChI is InChI=1S/C15H16ClFN4/c16-12-9-11(5-6-13(12)17)20-15-18-8-7-14(21-15)19-10-3-1-2-4-10/h5-10H,1-4H2,(H2,18,19,20,21). The summed E-state index contributed by atoms with van der Waals surface area (Å²) in [5.41, 5.74) is 0.652. The Balaban J connectivity index is 1.71. The van der Waals surface area contributed by atoms with E-state index >= 15 is 0 Å². The van der Waals surface area contributed by atoms with Gasteiger partial charge in [0.15, 0.2) is 0 Å². The molecule has 1 aliphatic carbocycles. The molecule has 0 aliphatic heterocycles. The summed E-state index contributed by atoms with van der Waals surface area (Å²) in [5.74, 6) is 0.813. The highest BCUT2D eigenvalue weighted by atomic mass is 35.5. The van der Waals surface area contributed by atoms with Gasteiger partial charge >= 0.3 is 0 Å². The highest BCUT2D eigenvalue weighted by molar-refractivity contribution is 6.31. The zero-order chi connectivity index (χ0) is 14.7. The number of rotatable bonds is 4. The Labute approximate surface area is 127 Å². The van der Waals surface area contributed by atoms with Crippen LogP contribution in [0.4, 0.5) is 21.8 Å². The molecule has 1 aliphatic rings. The maximum Gasteiger partial charge on any atom is 0.229 e. The van der Waals surface area contributed by atoms with Gasteiger partial charge in [0.2, 0.25) is 5.95 Å². The van der Waals surface area contributed by atoms with Crippen LogP contribution in [0.5, 0.6) is 0 Å². The summed E-state index contributed by atoms with van der Waals surface area (Å²) in [5, 5.41) is 6.50. The van der Waals surface area contributed by atoms with Crippen LogP contribution in [0.2, 0.25) is 5.02 Å². The van der Waals surface area contributed by atoms with E-state index in [0.717, 1.165) is 5.82 Å². The minimum absolute atomic E-state index is 0.0697. The van der Waals surface area contributed by atoms with Crippen molar-refractivity contribution < 1.29 is 4.39 Å². The van der Waals surface area contributed by atoms with Gasteiger partial charge in [0, 0.05) is 17.9 Å². The smallest absolute Gasteiger partial charge is 0.229 e. The first-order valence-electron chi connectivity index (χ1n) is 7.02. The molecule has 110 valence electrons. The summed E-state index contributed by atoms with van der Waals surface area (Å²) >= 11 is 5.76. The molecule has 0 unspecified atom stereocenters. The van der Waals surface area contributed by atoms with Crippen LogP contribution in [0.1, 0.15) is 25.7 Å². The van der Waals surface area contributed by atoms with Gasteiger partial charge in [-0.05, 0) is 37.1 Å². The first-order valence-corrected chi connectivity index (χ1v) is 7.40. The molecule has 0 saturated heterocycles. The Hall–Kier alpha value is -1.88. The van der Waals surface area contributed by atoms with Crippen LogP contribution in [0.25, 0.3) is 0 Å². The van der Waals surface area contributed by atoms with Gasteiger partial charge in [-0.25, -0.2) is 9.37 Å². The Bertz CT molecular complexity index is 629. The van der Waals surface area contributed by atoms with Crippen LogP contribution in [-0.4, -0.2) is 16.0 Å². The lowest BCUT2D eigenvalue weighted by molar-refractivity contribution is 0.628. The van der Waals surface area contributed by atoms with Crippen molar-refractivity contribution in [2.24, 2.45) is 0 Å². The molecule has 3 rings (SSSR count). The summed E-state index contributed by atoms with van der Waals surface area (Å²) in [7, 11) is 0. The van der Waals surface area contributed by atoms with Crippen molar-refractivity contribution in [2.45, 2.75) is 31.7 Å². The molecule has 0 spiro atoms. The van der Waals surface area contributed by atoms with Crippen LogP contribution < -0.4 is 10.6 Å². The number of hydrogen-bond donors (Lipinski definition) is 2. The highest BCUT2D eigenvalue weighted by Gasteiger charge is 2.15. The van der Waals surface area contributed by atoms with Gasteiger partial charge in [-0.2, -0.15) is 4.98 Å². The number of hydrogen-bond acceptors (Lipinski definition) is 4. The quantitative estimate of drug-likeness (QED) is 0.881. The maximum absolute atomic E-state index is 13.1. The van der Waals surface area contributed by atoms with E-state index in [2.05, 4.69) is 20.6 Å². The first-order chi connectivity index (χ1) is 10.2. The normalized spacial score (nSPS) is 15.1. The predicted octanol–water partition coefficient (Wildman–Crippen LogP) is 4.37. The average Bonchev–Trinajstić information content (AvgIpc) is 2.96. The summed E-state index contributed by atoms with van der Waals surface area (Å²) in [6, 6.07) is 6.76. The number of nitrogens with zero attached hydrogens (tertiary/aromatic N) is 2. The summed E-state index contributed by atoms with van der Waals surface area (Å²) < 4.78 is 13.1. The molecule has 2 aromatic rings. The van der Waals surface area contributed by atoms with Crippen LogP contribution in [0.15, 0.2) is 30.5 Å². The zero-order valence-electron chi connectivity index (χ0n) is 11.4. The topological polar surface area (TPSA) is 49.8 Å². The Morgan fingerprint density at radius 2 is 2.00 bits per heavy atom. The van der Waals surface area contributed by atoms with Crippen molar-refractivity contribution in [1.29, 1.82) is 0 Å². The van der Waals surface area contributed by atoms with E-state index < -0.39 is 5.82 Å². The van der Waals surface area contributed by atoms with Gasteiger partial charge in [0.1, 0.15) is 11.6 Å². The minimum atomic E-state index is -0.445. The molecule has 1 aromatic carbocycles. The van der Waals surface area contributed by atoms with E-state index in [4.69, 9.17) is 11.6 Å². The van der Waals surface area contributed by atoms with Gasteiger partial charge in [-0.1, -0.05) is 24.4 Å². The molecule has 1 aromatic heterocycles. The molecular formula is C15H16ClFN4. The fraction of sp³-hybridized carbons (Fsp3) is 0.333. The first kappa shape index (κ1) is 14.1. The molecule has 1 fully saturated rings. The Kier molecular flexibility index (Phi) is 4.20. The van der Waals surface area contributed by atoms with Crippen molar-refractivity contribution >= 4 is 29.1 Å². The zero-order valence-corrected chi connectivity index (χ0v) is 12.2. The predicted molar refractivity (Wildman–Crippen MR) is 82.6 cm³/mol. The minimum Gasteiger partial charge on any atom is -0.367 e. The van der Waals surface area contributed by atoms with Crippen LogP contribution in [-0.2, 0) is 0 Å². The molecule has 0 bridgehead atoms. The lowest BCUT2D eigenvalue weighted by Crippen LogP contribution is -2.15. The fourth-order valence-electron chi connectivity index (χ4n) is 2.48. The molecule has 6 heteroatoms. The molecule has 1 saturated carbocycles. The van der Waals surface area contributed by atoms with Crippen molar-refractivity contribution in [3.63, 3.8) is 0 Å². The average molecular weight is 307 g/mol. The van der Waals surface area contributed by atoms with Crippen LogP contribution in [0, 0.1) is 5.82 Å². The molecule has 0 amide bonds. The van der Waals surface area contributed by atoms with Crippen molar-refractivity contribution in [1.82, 2.24) is 9.97 Å². The van der Waals surface area contributed by atoms with E-state index in [1.165, 1.54) is 37.8 Å². The summed E-state index contributed by atoms with van der Waals surface area (Å²) in [6.07, 6.45) is 6.59. The Morgan fingerprint density at radius 3 is 2.76 bits per heavy atom. The van der Waals surface area contributed by atoms with E-state index in [1.54, 1.807) is 12.3 Å². The second-order valence-electron chi connectivity index (χ2n) is 5.15. The van der Waals surface area contributed by atoms with Crippen molar-refractivity contribution in [3.8, 4) is 0 Å². The van der Waals surface area contributed by atoms with Crippen LogP contribution in [0.3, 0.4) is 0 Å².